The van der Waals surface area contributed by atoms with Crippen molar-refractivity contribution in [2.75, 3.05) is 26.2 Å². The lowest BCUT2D eigenvalue weighted by Gasteiger charge is -2.29. The van der Waals surface area contributed by atoms with Crippen molar-refractivity contribution in [1.29, 1.82) is 0 Å². The topological polar surface area (TPSA) is 78.5 Å². The normalized spacial score (nSPS) is 21.2. The predicted octanol–water partition coefficient (Wildman–Crippen LogP) is 1.59. The highest BCUT2D eigenvalue weighted by Gasteiger charge is 2.28. The minimum Gasteiger partial charge on any atom is -0.349 e. The third-order valence-corrected chi connectivity index (χ3v) is 7.08. The van der Waals surface area contributed by atoms with E-state index < -0.39 is 10.0 Å². The van der Waals surface area contributed by atoms with E-state index in [1.807, 2.05) is 0 Å². The van der Waals surface area contributed by atoms with Crippen molar-refractivity contribution >= 4 is 15.9 Å². The molecule has 7 heteroatoms. The molecule has 3 rings (SSSR count). The standard InChI is InChI=1S/C18H27N3O3S/c1-14-8-12-21(13-9-14)25(23,24)17-4-2-15(3-5-17)18(22)20-16-6-10-19-11-7-16/h2-5,14,16,19H,6-13H2,1H3,(H,20,22). The zero-order valence-electron chi connectivity index (χ0n) is 14.7. The zero-order chi connectivity index (χ0) is 17.9. The summed E-state index contributed by atoms with van der Waals surface area (Å²) in [6.45, 7) is 5.12. The lowest BCUT2D eigenvalue weighted by atomic mass is 10.0. The van der Waals surface area contributed by atoms with Gasteiger partial charge in [0, 0.05) is 24.7 Å². The molecule has 2 saturated heterocycles. The maximum Gasteiger partial charge on any atom is 0.251 e. The summed E-state index contributed by atoms with van der Waals surface area (Å²) in [5.41, 5.74) is 0.504. The Morgan fingerprint density at radius 3 is 2.28 bits per heavy atom. The van der Waals surface area contributed by atoms with E-state index >= 15 is 0 Å². The van der Waals surface area contributed by atoms with Crippen molar-refractivity contribution in [2.45, 2.75) is 43.5 Å². The number of rotatable bonds is 4. The molecule has 0 aromatic heterocycles. The SMILES string of the molecule is CC1CCN(S(=O)(=O)c2ccc(C(=O)NC3CCNCC3)cc2)CC1. The molecule has 2 aliphatic heterocycles. The average molecular weight is 365 g/mol. The third-order valence-electron chi connectivity index (χ3n) is 5.17. The number of benzene rings is 1. The van der Waals surface area contributed by atoms with Crippen LogP contribution >= 0.6 is 0 Å². The van der Waals surface area contributed by atoms with Crippen molar-refractivity contribution in [2.24, 2.45) is 5.92 Å². The molecule has 1 aromatic carbocycles. The van der Waals surface area contributed by atoms with Crippen LogP contribution in [0.5, 0.6) is 0 Å². The Hall–Kier alpha value is -1.44. The van der Waals surface area contributed by atoms with Gasteiger partial charge in [-0.3, -0.25) is 4.79 Å². The third kappa shape index (κ3) is 4.40. The molecule has 0 atom stereocenters. The number of nitrogens with zero attached hydrogens (tertiary/aromatic N) is 1. The van der Waals surface area contributed by atoms with Crippen LogP contribution in [0.3, 0.4) is 0 Å². The van der Waals surface area contributed by atoms with Gasteiger partial charge in [-0.15, -0.1) is 0 Å². The zero-order valence-corrected chi connectivity index (χ0v) is 15.5. The molecule has 1 amide bonds. The van der Waals surface area contributed by atoms with E-state index in [0.717, 1.165) is 38.8 Å². The Labute approximate surface area is 150 Å². The molecule has 0 unspecified atom stereocenters. The van der Waals surface area contributed by atoms with Gasteiger partial charge in [-0.2, -0.15) is 4.31 Å². The molecule has 0 spiro atoms. The fraction of sp³-hybridized carbons (Fsp3) is 0.611. The largest absolute Gasteiger partial charge is 0.349 e. The van der Waals surface area contributed by atoms with Gasteiger partial charge in [0.15, 0.2) is 0 Å². The second-order valence-electron chi connectivity index (χ2n) is 7.11. The highest BCUT2D eigenvalue weighted by atomic mass is 32.2. The van der Waals surface area contributed by atoms with Crippen LogP contribution in [-0.2, 0) is 10.0 Å². The van der Waals surface area contributed by atoms with Gasteiger partial charge in [-0.05, 0) is 69.0 Å². The van der Waals surface area contributed by atoms with Crippen molar-refractivity contribution in [3.05, 3.63) is 29.8 Å². The number of carbonyl (C=O) groups is 1. The summed E-state index contributed by atoms with van der Waals surface area (Å²) in [5, 5.41) is 6.29. The highest BCUT2D eigenvalue weighted by Crippen LogP contribution is 2.23. The van der Waals surface area contributed by atoms with E-state index in [1.54, 1.807) is 28.6 Å². The van der Waals surface area contributed by atoms with E-state index in [0.29, 0.717) is 24.6 Å². The Bertz CT molecular complexity index is 689. The summed E-state index contributed by atoms with van der Waals surface area (Å²) in [4.78, 5) is 12.6. The molecular formula is C18H27N3O3S. The van der Waals surface area contributed by atoms with Gasteiger partial charge < -0.3 is 10.6 Å². The minimum absolute atomic E-state index is 0.136. The first-order valence-electron chi connectivity index (χ1n) is 9.08. The number of nitrogens with one attached hydrogen (secondary N) is 2. The molecule has 25 heavy (non-hydrogen) atoms. The van der Waals surface area contributed by atoms with E-state index in [1.165, 1.54) is 0 Å². The molecule has 0 radical (unpaired) electrons. The second kappa shape index (κ2) is 7.85. The summed E-state index contributed by atoms with van der Waals surface area (Å²) in [5.74, 6) is 0.440. The molecule has 138 valence electrons. The molecule has 6 nitrogen and oxygen atoms in total. The lowest BCUT2D eigenvalue weighted by Crippen LogP contribution is -2.42. The Kier molecular flexibility index (Phi) is 5.76. The molecule has 2 heterocycles. The monoisotopic (exact) mass is 365 g/mol. The fourth-order valence-electron chi connectivity index (χ4n) is 3.39. The molecule has 1 aromatic rings. The van der Waals surface area contributed by atoms with Gasteiger partial charge in [0.25, 0.3) is 5.91 Å². The fourth-order valence-corrected chi connectivity index (χ4v) is 4.86. The van der Waals surface area contributed by atoms with Gasteiger partial charge in [0.1, 0.15) is 0 Å². The Balaban J connectivity index is 1.65. The van der Waals surface area contributed by atoms with Crippen LogP contribution in [0.15, 0.2) is 29.2 Å². The van der Waals surface area contributed by atoms with Crippen LogP contribution < -0.4 is 10.6 Å². The summed E-state index contributed by atoms with van der Waals surface area (Å²) >= 11 is 0. The van der Waals surface area contributed by atoms with Gasteiger partial charge in [-0.25, -0.2) is 8.42 Å². The van der Waals surface area contributed by atoms with E-state index in [9.17, 15) is 13.2 Å². The molecule has 2 fully saturated rings. The van der Waals surface area contributed by atoms with Crippen LogP contribution in [-0.4, -0.2) is 50.9 Å². The first-order chi connectivity index (χ1) is 12.0. The van der Waals surface area contributed by atoms with Crippen molar-refractivity contribution < 1.29 is 13.2 Å². The van der Waals surface area contributed by atoms with E-state index in [-0.39, 0.29) is 16.8 Å². The van der Waals surface area contributed by atoms with E-state index in [2.05, 4.69) is 17.6 Å². The summed E-state index contributed by atoms with van der Waals surface area (Å²) in [6.07, 6.45) is 3.64. The molecule has 0 saturated carbocycles. The smallest absolute Gasteiger partial charge is 0.251 e. The van der Waals surface area contributed by atoms with Gasteiger partial charge in [-0.1, -0.05) is 6.92 Å². The molecule has 2 aliphatic rings. The second-order valence-corrected chi connectivity index (χ2v) is 9.05. The van der Waals surface area contributed by atoms with Crippen LogP contribution in [0.2, 0.25) is 0 Å². The molecular weight excluding hydrogens is 338 g/mol. The summed E-state index contributed by atoms with van der Waals surface area (Å²) in [7, 11) is -3.46. The number of hydrogen-bond donors (Lipinski definition) is 2. The lowest BCUT2D eigenvalue weighted by molar-refractivity contribution is 0.0929. The van der Waals surface area contributed by atoms with Crippen molar-refractivity contribution in [3.63, 3.8) is 0 Å². The number of sulfonamides is 1. The van der Waals surface area contributed by atoms with Crippen LogP contribution in [0.4, 0.5) is 0 Å². The minimum atomic E-state index is -3.46. The van der Waals surface area contributed by atoms with Gasteiger partial charge >= 0.3 is 0 Å². The molecule has 0 aliphatic carbocycles. The highest BCUT2D eigenvalue weighted by molar-refractivity contribution is 7.89. The maximum absolute atomic E-state index is 12.7. The first kappa shape index (κ1) is 18.4. The van der Waals surface area contributed by atoms with E-state index in [4.69, 9.17) is 0 Å². The molecule has 2 N–H and O–H groups in total. The number of piperidine rings is 2. The van der Waals surface area contributed by atoms with Crippen LogP contribution in [0.25, 0.3) is 0 Å². The number of hydrogen-bond acceptors (Lipinski definition) is 4. The summed E-state index contributed by atoms with van der Waals surface area (Å²) in [6, 6.07) is 6.49. The van der Waals surface area contributed by atoms with Crippen LogP contribution in [0, 0.1) is 5.92 Å². The van der Waals surface area contributed by atoms with Crippen molar-refractivity contribution in [1.82, 2.24) is 14.9 Å². The number of amides is 1. The van der Waals surface area contributed by atoms with Gasteiger partial charge in [0.05, 0.1) is 4.90 Å². The summed E-state index contributed by atoms with van der Waals surface area (Å²) < 4.78 is 27.0. The predicted molar refractivity (Wildman–Crippen MR) is 97.0 cm³/mol. The average Bonchev–Trinajstić information content (AvgIpc) is 2.63. The number of carbonyl (C=O) groups excluding carboxylic acids is 1. The van der Waals surface area contributed by atoms with Gasteiger partial charge in [0.2, 0.25) is 10.0 Å². The Morgan fingerprint density at radius 1 is 1.08 bits per heavy atom. The van der Waals surface area contributed by atoms with Crippen LogP contribution in [0.1, 0.15) is 43.0 Å². The maximum atomic E-state index is 12.7. The first-order valence-corrected chi connectivity index (χ1v) is 10.5. The Morgan fingerprint density at radius 2 is 1.68 bits per heavy atom. The molecule has 0 bridgehead atoms. The quantitative estimate of drug-likeness (QED) is 0.849. The van der Waals surface area contributed by atoms with Crippen molar-refractivity contribution in [3.8, 4) is 0 Å².